The third-order valence-corrected chi connectivity index (χ3v) is 3.44. The van der Waals surface area contributed by atoms with Gasteiger partial charge in [-0.25, -0.2) is 0 Å². The van der Waals surface area contributed by atoms with E-state index in [4.69, 9.17) is 0 Å². The molecular formula is C11H18O2. The molecule has 1 aliphatic rings. The van der Waals surface area contributed by atoms with Crippen molar-refractivity contribution < 1.29 is 9.59 Å². The predicted molar refractivity (Wildman–Crippen MR) is 51.4 cm³/mol. The Kier molecular flexibility index (Phi) is 2.60. The Hall–Kier alpha value is -0.660. The maximum absolute atomic E-state index is 11.5. The Bertz CT molecular complexity index is 242. The van der Waals surface area contributed by atoms with E-state index >= 15 is 0 Å². The first kappa shape index (κ1) is 10.4. The average Bonchev–Trinajstić information content (AvgIpc) is 2.27. The smallest absolute Gasteiger partial charge is 0.136 e. The van der Waals surface area contributed by atoms with Gasteiger partial charge in [0.2, 0.25) is 0 Å². The summed E-state index contributed by atoms with van der Waals surface area (Å²) in [6.45, 7) is 7.72. The summed E-state index contributed by atoms with van der Waals surface area (Å²) in [6, 6.07) is 0. The van der Waals surface area contributed by atoms with E-state index in [1.807, 2.05) is 6.92 Å². The van der Waals surface area contributed by atoms with Gasteiger partial charge >= 0.3 is 0 Å². The van der Waals surface area contributed by atoms with Gasteiger partial charge in [-0.2, -0.15) is 0 Å². The van der Waals surface area contributed by atoms with Crippen molar-refractivity contribution in [1.29, 1.82) is 0 Å². The van der Waals surface area contributed by atoms with Crippen LogP contribution in [0.5, 0.6) is 0 Å². The van der Waals surface area contributed by atoms with E-state index in [0.29, 0.717) is 18.8 Å². The third kappa shape index (κ3) is 1.67. The van der Waals surface area contributed by atoms with Gasteiger partial charge in [-0.15, -0.1) is 0 Å². The largest absolute Gasteiger partial charge is 0.300 e. The van der Waals surface area contributed by atoms with Crippen molar-refractivity contribution in [3.63, 3.8) is 0 Å². The number of ketones is 2. The van der Waals surface area contributed by atoms with Crippen molar-refractivity contribution in [2.45, 2.75) is 40.5 Å². The summed E-state index contributed by atoms with van der Waals surface area (Å²) in [4.78, 5) is 22.8. The maximum atomic E-state index is 11.5. The molecule has 2 heteroatoms. The van der Waals surface area contributed by atoms with E-state index in [-0.39, 0.29) is 22.9 Å². The van der Waals surface area contributed by atoms with Gasteiger partial charge in [0, 0.05) is 18.3 Å². The zero-order chi connectivity index (χ0) is 10.2. The molecule has 2 unspecified atom stereocenters. The molecule has 1 fully saturated rings. The molecule has 2 atom stereocenters. The van der Waals surface area contributed by atoms with Crippen LogP contribution < -0.4 is 0 Å². The van der Waals surface area contributed by atoms with Gasteiger partial charge in [-0.1, -0.05) is 20.8 Å². The molecule has 0 radical (unpaired) electrons. The molecule has 13 heavy (non-hydrogen) atoms. The minimum atomic E-state index is -0.384. The number of hydrogen-bond donors (Lipinski definition) is 0. The van der Waals surface area contributed by atoms with E-state index < -0.39 is 0 Å². The SMILES string of the molecule is CC(=O)C1(C)CC(=O)CC1C(C)C. The molecule has 1 saturated carbocycles. The van der Waals surface area contributed by atoms with Crippen LogP contribution in [0.3, 0.4) is 0 Å². The molecule has 0 aliphatic heterocycles. The summed E-state index contributed by atoms with van der Waals surface area (Å²) in [5, 5.41) is 0. The molecule has 0 bridgehead atoms. The van der Waals surface area contributed by atoms with E-state index in [0.717, 1.165) is 0 Å². The van der Waals surface area contributed by atoms with Crippen molar-refractivity contribution in [1.82, 2.24) is 0 Å². The standard InChI is InChI=1S/C11H18O2/c1-7(2)10-5-9(13)6-11(10,4)8(3)12/h7,10H,5-6H2,1-4H3. The van der Waals surface area contributed by atoms with E-state index in [1.165, 1.54) is 0 Å². The fourth-order valence-corrected chi connectivity index (χ4v) is 2.44. The predicted octanol–water partition coefficient (Wildman–Crippen LogP) is 2.22. The highest BCUT2D eigenvalue weighted by atomic mass is 16.1. The van der Waals surface area contributed by atoms with Crippen LogP contribution in [0.25, 0.3) is 0 Å². The normalized spacial score (nSPS) is 34.2. The molecule has 2 nitrogen and oxygen atoms in total. The van der Waals surface area contributed by atoms with Gasteiger partial charge in [0.1, 0.15) is 11.6 Å². The highest BCUT2D eigenvalue weighted by Crippen LogP contribution is 2.45. The monoisotopic (exact) mass is 182 g/mol. The Morgan fingerprint density at radius 1 is 1.54 bits per heavy atom. The third-order valence-electron chi connectivity index (χ3n) is 3.44. The zero-order valence-electron chi connectivity index (χ0n) is 8.89. The minimum absolute atomic E-state index is 0.164. The van der Waals surface area contributed by atoms with Gasteiger partial charge in [-0.05, 0) is 18.8 Å². The van der Waals surface area contributed by atoms with E-state index in [2.05, 4.69) is 13.8 Å². The van der Waals surface area contributed by atoms with Crippen LogP contribution in [-0.4, -0.2) is 11.6 Å². The van der Waals surface area contributed by atoms with Gasteiger partial charge in [-0.3, -0.25) is 9.59 Å². The van der Waals surface area contributed by atoms with E-state index in [1.54, 1.807) is 6.92 Å². The quantitative estimate of drug-likeness (QED) is 0.656. The average molecular weight is 182 g/mol. The van der Waals surface area contributed by atoms with Gasteiger partial charge in [0.25, 0.3) is 0 Å². The lowest BCUT2D eigenvalue weighted by atomic mass is 9.72. The van der Waals surface area contributed by atoms with Crippen LogP contribution in [0.2, 0.25) is 0 Å². The summed E-state index contributed by atoms with van der Waals surface area (Å²) in [5.74, 6) is 1.08. The van der Waals surface area contributed by atoms with Crippen molar-refractivity contribution in [3.8, 4) is 0 Å². The van der Waals surface area contributed by atoms with Gasteiger partial charge in [0.15, 0.2) is 0 Å². The van der Waals surface area contributed by atoms with Crippen LogP contribution >= 0.6 is 0 Å². The second-order valence-corrected chi connectivity index (χ2v) is 4.74. The lowest BCUT2D eigenvalue weighted by molar-refractivity contribution is -0.129. The summed E-state index contributed by atoms with van der Waals surface area (Å²) in [5.41, 5.74) is -0.384. The highest BCUT2D eigenvalue weighted by molar-refractivity contribution is 5.93. The Labute approximate surface area is 79.7 Å². The fourth-order valence-electron chi connectivity index (χ4n) is 2.44. The van der Waals surface area contributed by atoms with Crippen LogP contribution in [-0.2, 0) is 9.59 Å². The number of rotatable bonds is 2. The Morgan fingerprint density at radius 3 is 2.38 bits per heavy atom. The summed E-state index contributed by atoms with van der Waals surface area (Å²) >= 11 is 0. The number of carbonyl (C=O) groups excluding carboxylic acids is 2. The molecule has 0 aromatic carbocycles. The number of hydrogen-bond acceptors (Lipinski definition) is 2. The number of carbonyl (C=O) groups is 2. The molecule has 0 amide bonds. The topological polar surface area (TPSA) is 34.1 Å². The summed E-state index contributed by atoms with van der Waals surface area (Å²) in [7, 11) is 0. The minimum Gasteiger partial charge on any atom is -0.300 e. The first-order valence-corrected chi connectivity index (χ1v) is 4.90. The molecule has 0 aromatic rings. The lowest BCUT2D eigenvalue weighted by Crippen LogP contribution is -2.32. The Morgan fingerprint density at radius 2 is 2.08 bits per heavy atom. The molecule has 0 N–H and O–H groups in total. The highest BCUT2D eigenvalue weighted by Gasteiger charge is 2.47. The second kappa shape index (κ2) is 3.24. The summed E-state index contributed by atoms with van der Waals surface area (Å²) in [6.07, 6.45) is 1.04. The van der Waals surface area contributed by atoms with Crippen molar-refractivity contribution in [3.05, 3.63) is 0 Å². The van der Waals surface area contributed by atoms with Gasteiger partial charge in [0.05, 0.1) is 0 Å². The molecule has 0 spiro atoms. The van der Waals surface area contributed by atoms with Crippen LogP contribution in [0.1, 0.15) is 40.5 Å². The maximum Gasteiger partial charge on any atom is 0.136 e. The molecular weight excluding hydrogens is 164 g/mol. The Balaban J connectivity index is 2.95. The zero-order valence-corrected chi connectivity index (χ0v) is 8.89. The van der Waals surface area contributed by atoms with Crippen molar-refractivity contribution in [2.24, 2.45) is 17.3 Å². The molecule has 1 aliphatic carbocycles. The van der Waals surface area contributed by atoms with Gasteiger partial charge < -0.3 is 0 Å². The molecule has 74 valence electrons. The van der Waals surface area contributed by atoms with Crippen LogP contribution in [0.4, 0.5) is 0 Å². The lowest BCUT2D eigenvalue weighted by Gasteiger charge is -2.30. The molecule has 0 heterocycles. The van der Waals surface area contributed by atoms with Crippen molar-refractivity contribution in [2.75, 3.05) is 0 Å². The first-order valence-electron chi connectivity index (χ1n) is 4.90. The van der Waals surface area contributed by atoms with E-state index in [9.17, 15) is 9.59 Å². The molecule has 0 saturated heterocycles. The van der Waals surface area contributed by atoms with Crippen LogP contribution in [0.15, 0.2) is 0 Å². The first-order chi connectivity index (χ1) is 5.88. The number of Topliss-reactive ketones (excluding diaryl/α,β-unsaturated/α-hetero) is 2. The van der Waals surface area contributed by atoms with Crippen molar-refractivity contribution >= 4 is 11.6 Å². The second-order valence-electron chi connectivity index (χ2n) is 4.74. The summed E-state index contributed by atoms with van der Waals surface area (Å²) < 4.78 is 0. The molecule has 1 rings (SSSR count). The van der Waals surface area contributed by atoms with Crippen LogP contribution in [0, 0.1) is 17.3 Å². The molecule has 0 aromatic heterocycles. The fraction of sp³-hybridized carbons (Fsp3) is 0.818.